The lowest BCUT2D eigenvalue weighted by atomic mass is 9.86. The van der Waals surface area contributed by atoms with Crippen LogP contribution in [0, 0.1) is 0 Å². The number of methoxy groups -OCH3 is 1. The third kappa shape index (κ3) is 5.19. The number of alkyl halides is 1. The SMILES string of the molecule is COC(=O)C(NC(=O)OCc1ccccc1)[C@]1(Br)C(=O)N2[C@@H](C(=O)OCc3ccccc3)C(C)(C)S[C@@H]21. The number of thioether (sulfide) groups is 1. The number of fused-ring (bicyclic) bond motifs is 1. The van der Waals surface area contributed by atoms with Crippen LogP contribution >= 0.6 is 27.7 Å². The molecule has 2 amide bonds. The molecule has 1 unspecified atom stereocenters. The lowest BCUT2D eigenvalue weighted by Gasteiger charge is -2.52. The van der Waals surface area contributed by atoms with Crippen LogP contribution in [0.2, 0.25) is 0 Å². The molecule has 37 heavy (non-hydrogen) atoms. The number of hydrogen-bond donors (Lipinski definition) is 1. The molecule has 2 fully saturated rings. The average Bonchev–Trinajstić information content (AvgIpc) is 3.18. The molecule has 4 rings (SSSR count). The number of rotatable bonds is 8. The summed E-state index contributed by atoms with van der Waals surface area (Å²) in [6.45, 7) is 3.72. The second kappa shape index (κ2) is 10.7. The van der Waals surface area contributed by atoms with Gasteiger partial charge in [-0.3, -0.25) is 4.79 Å². The zero-order chi connectivity index (χ0) is 26.8. The molecule has 1 N–H and O–H groups in total. The lowest BCUT2D eigenvalue weighted by molar-refractivity contribution is -0.168. The highest BCUT2D eigenvalue weighted by Gasteiger charge is 2.74. The molecule has 0 radical (unpaired) electrons. The van der Waals surface area contributed by atoms with Crippen LogP contribution in [0.15, 0.2) is 60.7 Å². The van der Waals surface area contributed by atoms with Crippen LogP contribution in [-0.4, -0.2) is 62.5 Å². The van der Waals surface area contributed by atoms with Gasteiger partial charge in [0, 0.05) is 4.75 Å². The van der Waals surface area contributed by atoms with Crippen LogP contribution in [0.1, 0.15) is 25.0 Å². The Bertz CT molecular complexity index is 1180. The maximum absolute atomic E-state index is 13.5. The van der Waals surface area contributed by atoms with Crippen molar-refractivity contribution in [2.24, 2.45) is 0 Å². The Labute approximate surface area is 227 Å². The first-order valence-corrected chi connectivity index (χ1v) is 13.2. The molecular formula is C26H27BrN2O7S. The topological polar surface area (TPSA) is 111 Å². The molecule has 0 aliphatic carbocycles. The van der Waals surface area contributed by atoms with Crippen molar-refractivity contribution < 1.29 is 33.4 Å². The van der Waals surface area contributed by atoms with Crippen LogP contribution in [0.5, 0.6) is 0 Å². The quantitative estimate of drug-likeness (QED) is 0.215. The summed E-state index contributed by atoms with van der Waals surface area (Å²) in [5.41, 5.74) is 1.58. The predicted octanol–water partition coefficient (Wildman–Crippen LogP) is 3.39. The number of nitrogens with zero attached hydrogens (tertiary/aromatic N) is 1. The van der Waals surface area contributed by atoms with E-state index < -0.39 is 50.5 Å². The van der Waals surface area contributed by atoms with Gasteiger partial charge < -0.3 is 24.4 Å². The Kier molecular flexibility index (Phi) is 7.84. The van der Waals surface area contributed by atoms with Gasteiger partial charge in [-0.25, -0.2) is 14.4 Å². The van der Waals surface area contributed by atoms with Crippen LogP contribution in [0.4, 0.5) is 4.79 Å². The minimum Gasteiger partial charge on any atom is -0.467 e. The summed E-state index contributed by atoms with van der Waals surface area (Å²) in [4.78, 5) is 53.4. The molecule has 2 aliphatic heterocycles. The molecule has 4 atom stereocenters. The third-order valence-electron chi connectivity index (χ3n) is 6.31. The zero-order valence-electron chi connectivity index (χ0n) is 20.5. The number of halogens is 1. The van der Waals surface area contributed by atoms with Gasteiger partial charge in [-0.1, -0.05) is 76.6 Å². The fraction of sp³-hybridized carbons (Fsp3) is 0.385. The second-order valence-corrected chi connectivity index (χ2v) is 12.3. The molecule has 2 aromatic rings. The highest BCUT2D eigenvalue weighted by molar-refractivity contribution is 9.10. The van der Waals surface area contributed by atoms with E-state index >= 15 is 0 Å². The van der Waals surface area contributed by atoms with E-state index in [0.29, 0.717) is 0 Å². The van der Waals surface area contributed by atoms with Crippen molar-refractivity contribution in [1.82, 2.24) is 10.2 Å². The molecule has 9 nitrogen and oxygen atoms in total. The zero-order valence-corrected chi connectivity index (χ0v) is 22.9. The largest absolute Gasteiger partial charge is 0.467 e. The molecule has 0 aromatic heterocycles. The highest BCUT2D eigenvalue weighted by atomic mass is 79.9. The van der Waals surface area contributed by atoms with Crippen molar-refractivity contribution >= 4 is 51.6 Å². The lowest BCUT2D eigenvalue weighted by Crippen LogP contribution is -2.78. The van der Waals surface area contributed by atoms with Gasteiger partial charge in [-0.2, -0.15) is 0 Å². The second-order valence-electron chi connectivity index (χ2n) is 9.21. The van der Waals surface area contributed by atoms with Gasteiger partial charge >= 0.3 is 18.0 Å². The highest BCUT2D eigenvalue weighted by Crippen LogP contribution is 2.59. The molecule has 2 aliphatic rings. The van der Waals surface area contributed by atoms with E-state index in [9.17, 15) is 19.2 Å². The fourth-order valence-corrected chi connectivity index (χ4v) is 7.10. The summed E-state index contributed by atoms with van der Waals surface area (Å²) in [5, 5.41) is 1.83. The van der Waals surface area contributed by atoms with Gasteiger partial charge in [0.1, 0.15) is 24.6 Å². The minimum atomic E-state index is -1.54. The molecular weight excluding hydrogens is 564 g/mol. The first kappa shape index (κ1) is 27.0. The van der Waals surface area contributed by atoms with Crippen LogP contribution < -0.4 is 5.32 Å². The van der Waals surface area contributed by atoms with Gasteiger partial charge in [-0.15, -0.1) is 11.8 Å². The third-order valence-corrected chi connectivity index (χ3v) is 9.49. The van der Waals surface area contributed by atoms with Crippen LogP contribution in [0.25, 0.3) is 0 Å². The number of β-lactam (4-membered cyclic amide) rings is 1. The van der Waals surface area contributed by atoms with E-state index in [1.807, 2.05) is 62.4 Å². The molecule has 0 bridgehead atoms. The number of alkyl carbamates (subject to hydrolysis) is 1. The van der Waals surface area contributed by atoms with Crippen molar-refractivity contribution in [3.8, 4) is 0 Å². The first-order chi connectivity index (χ1) is 17.6. The maximum atomic E-state index is 13.5. The fourth-order valence-electron chi connectivity index (χ4n) is 4.44. The van der Waals surface area contributed by atoms with E-state index in [4.69, 9.17) is 14.2 Å². The number of carbonyl (C=O) groups is 4. The van der Waals surface area contributed by atoms with Crippen molar-refractivity contribution in [1.29, 1.82) is 0 Å². The van der Waals surface area contributed by atoms with Gasteiger partial charge in [0.05, 0.1) is 7.11 Å². The molecule has 196 valence electrons. The number of nitrogens with one attached hydrogen (secondary N) is 1. The Hall–Kier alpha value is -3.05. The van der Waals surface area contributed by atoms with Gasteiger partial charge in [-0.05, 0) is 25.0 Å². The molecule has 11 heteroatoms. The van der Waals surface area contributed by atoms with Crippen LogP contribution in [0.3, 0.4) is 0 Å². The number of amides is 2. The van der Waals surface area contributed by atoms with Crippen molar-refractivity contribution in [3.05, 3.63) is 71.8 Å². The Morgan fingerprint density at radius 1 is 1.00 bits per heavy atom. The maximum Gasteiger partial charge on any atom is 0.408 e. The first-order valence-electron chi connectivity index (χ1n) is 11.5. The van der Waals surface area contributed by atoms with Crippen LogP contribution in [-0.2, 0) is 41.8 Å². The van der Waals surface area contributed by atoms with E-state index in [2.05, 4.69) is 21.2 Å². The van der Waals surface area contributed by atoms with Gasteiger partial charge in [0.15, 0.2) is 10.4 Å². The molecule has 0 spiro atoms. The summed E-state index contributed by atoms with van der Waals surface area (Å²) in [6, 6.07) is 16.0. The van der Waals surface area contributed by atoms with E-state index in [-0.39, 0.29) is 13.2 Å². The summed E-state index contributed by atoms with van der Waals surface area (Å²) < 4.78 is 13.4. The monoisotopic (exact) mass is 590 g/mol. The smallest absolute Gasteiger partial charge is 0.408 e. The number of hydrogen-bond acceptors (Lipinski definition) is 8. The Morgan fingerprint density at radius 2 is 1.54 bits per heavy atom. The predicted molar refractivity (Wildman–Crippen MR) is 140 cm³/mol. The normalized spacial score (nSPS) is 24.3. The average molecular weight is 591 g/mol. The summed E-state index contributed by atoms with van der Waals surface area (Å²) in [6.07, 6.45) is -0.884. The van der Waals surface area contributed by atoms with Crippen molar-refractivity contribution in [2.45, 2.75) is 53.6 Å². The molecule has 2 saturated heterocycles. The number of ether oxygens (including phenoxy) is 3. The summed E-state index contributed by atoms with van der Waals surface area (Å²) in [5.74, 6) is -1.90. The van der Waals surface area contributed by atoms with E-state index in [0.717, 1.165) is 11.1 Å². The van der Waals surface area contributed by atoms with Crippen molar-refractivity contribution in [3.63, 3.8) is 0 Å². The molecule has 0 saturated carbocycles. The standard InChI is InChI=1S/C26H27BrN2O7S/c1-25(2)19(21(31)35-14-16-10-6-4-7-11-16)29-22(32)26(27,23(29)37-25)18(20(30)34-3)28-24(33)36-15-17-12-8-5-9-13-17/h4-13,18-19,23H,14-15H2,1-3H3,(H,28,33)/t18?,19-,23+,26-/m0/s1. The Balaban J connectivity index is 1.48. The van der Waals surface area contributed by atoms with E-state index in [1.165, 1.54) is 23.8 Å². The molecule has 2 aromatic carbocycles. The number of carbonyl (C=O) groups excluding carboxylic acids is 4. The van der Waals surface area contributed by atoms with Gasteiger partial charge in [0.2, 0.25) is 5.91 Å². The Morgan fingerprint density at radius 3 is 2.08 bits per heavy atom. The number of benzene rings is 2. The molecule has 2 heterocycles. The number of esters is 2. The van der Waals surface area contributed by atoms with Crippen molar-refractivity contribution in [2.75, 3.05) is 7.11 Å². The summed E-state index contributed by atoms with van der Waals surface area (Å²) in [7, 11) is 1.17. The minimum absolute atomic E-state index is 0.0174. The summed E-state index contributed by atoms with van der Waals surface area (Å²) >= 11 is 4.78. The van der Waals surface area contributed by atoms with Gasteiger partial charge in [0.25, 0.3) is 0 Å². The van der Waals surface area contributed by atoms with E-state index in [1.54, 1.807) is 12.1 Å².